The van der Waals surface area contributed by atoms with E-state index in [2.05, 4.69) is 0 Å². The SMILES string of the molecule is O=[N+]([O-])c1ccc(S(=O)(=O)c2ccc(Cl)c([N+](=O)[O-])c2)cc1. The summed E-state index contributed by atoms with van der Waals surface area (Å²) in [6.45, 7) is 0. The Kier molecular flexibility index (Phi) is 4.11. The Morgan fingerprint density at radius 2 is 1.41 bits per heavy atom. The summed E-state index contributed by atoms with van der Waals surface area (Å²) in [5, 5.41) is 21.2. The van der Waals surface area contributed by atoms with Gasteiger partial charge in [0, 0.05) is 18.2 Å². The summed E-state index contributed by atoms with van der Waals surface area (Å²) in [5.41, 5.74) is -0.800. The molecule has 0 heterocycles. The van der Waals surface area contributed by atoms with Crippen molar-refractivity contribution >= 4 is 32.8 Å². The minimum Gasteiger partial charge on any atom is -0.258 e. The summed E-state index contributed by atoms with van der Waals surface area (Å²) >= 11 is 5.63. The third kappa shape index (κ3) is 2.90. The molecule has 0 fully saturated rings. The monoisotopic (exact) mass is 342 g/mol. The predicted octanol–water partition coefficient (Wildman–Crippen LogP) is 2.99. The van der Waals surface area contributed by atoms with Crippen molar-refractivity contribution in [1.82, 2.24) is 0 Å². The fourth-order valence-electron chi connectivity index (χ4n) is 1.68. The van der Waals surface area contributed by atoms with Crippen LogP contribution in [-0.2, 0) is 9.84 Å². The number of sulfone groups is 1. The van der Waals surface area contributed by atoms with E-state index >= 15 is 0 Å². The van der Waals surface area contributed by atoms with Crippen molar-refractivity contribution in [2.45, 2.75) is 9.79 Å². The number of hydrogen-bond acceptors (Lipinski definition) is 6. The van der Waals surface area contributed by atoms with Crippen LogP contribution < -0.4 is 0 Å². The molecular formula is C12H7ClN2O6S. The van der Waals surface area contributed by atoms with Crippen LogP contribution in [0.25, 0.3) is 0 Å². The lowest BCUT2D eigenvalue weighted by atomic mass is 10.3. The first-order chi connectivity index (χ1) is 10.2. The van der Waals surface area contributed by atoms with E-state index in [1.165, 1.54) is 0 Å². The Bertz CT molecular complexity index is 864. The lowest BCUT2D eigenvalue weighted by molar-refractivity contribution is -0.385. The van der Waals surface area contributed by atoms with Crippen LogP contribution in [0.3, 0.4) is 0 Å². The molecule has 0 N–H and O–H groups in total. The lowest BCUT2D eigenvalue weighted by Gasteiger charge is -2.05. The van der Waals surface area contributed by atoms with E-state index < -0.39 is 25.4 Å². The van der Waals surface area contributed by atoms with E-state index in [1.54, 1.807) is 0 Å². The maximum atomic E-state index is 12.4. The molecule has 0 saturated carbocycles. The first-order valence-electron chi connectivity index (χ1n) is 5.67. The van der Waals surface area contributed by atoms with Crippen LogP contribution in [0.15, 0.2) is 52.3 Å². The largest absolute Gasteiger partial charge is 0.289 e. The van der Waals surface area contributed by atoms with Crippen LogP contribution in [0, 0.1) is 20.2 Å². The number of halogens is 1. The van der Waals surface area contributed by atoms with Crippen molar-refractivity contribution in [2.75, 3.05) is 0 Å². The van der Waals surface area contributed by atoms with Gasteiger partial charge in [0.15, 0.2) is 0 Å². The summed E-state index contributed by atoms with van der Waals surface area (Å²) in [6, 6.07) is 7.29. The van der Waals surface area contributed by atoms with Gasteiger partial charge in [-0.15, -0.1) is 0 Å². The Hall–Kier alpha value is -2.52. The van der Waals surface area contributed by atoms with Crippen molar-refractivity contribution in [3.8, 4) is 0 Å². The average Bonchev–Trinajstić information content (AvgIpc) is 2.47. The van der Waals surface area contributed by atoms with Gasteiger partial charge >= 0.3 is 0 Å². The molecule has 0 atom stereocenters. The fraction of sp³-hybridized carbons (Fsp3) is 0. The van der Waals surface area contributed by atoms with Gasteiger partial charge in [0.25, 0.3) is 11.4 Å². The molecule has 0 bridgehead atoms. The standard InChI is InChI=1S/C12H7ClN2O6S/c13-11-6-5-10(7-12(11)15(18)19)22(20,21)9-3-1-8(2-4-9)14(16)17/h1-7H. The van der Waals surface area contributed by atoms with Gasteiger partial charge in [0.05, 0.1) is 19.6 Å². The topological polar surface area (TPSA) is 120 Å². The van der Waals surface area contributed by atoms with Gasteiger partial charge in [-0.05, 0) is 24.3 Å². The second-order valence-corrected chi connectivity index (χ2v) is 6.48. The molecule has 0 spiro atoms. The number of nitro groups is 2. The van der Waals surface area contributed by atoms with Crippen molar-refractivity contribution in [1.29, 1.82) is 0 Å². The molecule has 0 aliphatic heterocycles. The number of nitro benzene ring substituents is 2. The van der Waals surface area contributed by atoms with E-state index in [1.807, 2.05) is 0 Å². The molecular weight excluding hydrogens is 336 g/mol. The second kappa shape index (κ2) is 5.70. The molecule has 2 aromatic carbocycles. The van der Waals surface area contributed by atoms with Gasteiger partial charge in [-0.25, -0.2) is 8.42 Å². The molecule has 0 aliphatic carbocycles. The maximum Gasteiger partial charge on any atom is 0.289 e. The van der Waals surface area contributed by atoms with Crippen molar-refractivity contribution < 1.29 is 18.3 Å². The van der Waals surface area contributed by atoms with Gasteiger partial charge < -0.3 is 0 Å². The maximum absolute atomic E-state index is 12.4. The van der Waals surface area contributed by atoms with Crippen LogP contribution in [0.4, 0.5) is 11.4 Å². The van der Waals surface area contributed by atoms with Crippen molar-refractivity contribution in [2.24, 2.45) is 0 Å². The van der Waals surface area contributed by atoms with Gasteiger partial charge in [0.1, 0.15) is 5.02 Å². The van der Waals surface area contributed by atoms with Crippen LogP contribution in [0.1, 0.15) is 0 Å². The molecule has 22 heavy (non-hydrogen) atoms. The summed E-state index contributed by atoms with van der Waals surface area (Å²) in [6.07, 6.45) is 0. The number of hydrogen-bond donors (Lipinski definition) is 0. The Morgan fingerprint density at radius 3 is 1.91 bits per heavy atom. The zero-order chi connectivity index (χ0) is 16.5. The van der Waals surface area contributed by atoms with E-state index in [4.69, 9.17) is 11.6 Å². The summed E-state index contributed by atoms with van der Waals surface area (Å²) in [4.78, 5) is 19.4. The third-order valence-electron chi connectivity index (χ3n) is 2.78. The van der Waals surface area contributed by atoms with Gasteiger partial charge in [0.2, 0.25) is 9.84 Å². The number of nitrogens with zero attached hydrogens (tertiary/aromatic N) is 2. The number of non-ortho nitro benzene ring substituents is 1. The Labute approximate surface area is 129 Å². The molecule has 0 saturated heterocycles. The van der Waals surface area contributed by atoms with Crippen LogP contribution in [0.2, 0.25) is 5.02 Å². The third-order valence-corrected chi connectivity index (χ3v) is 4.87. The summed E-state index contributed by atoms with van der Waals surface area (Å²) in [5.74, 6) is 0. The number of rotatable bonds is 4. The van der Waals surface area contributed by atoms with Crippen LogP contribution in [0.5, 0.6) is 0 Å². The minimum absolute atomic E-state index is 0.187. The molecule has 0 amide bonds. The molecule has 2 aromatic rings. The highest BCUT2D eigenvalue weighted by Gasteiger charge is 2.23. The normalized spacial score (nSPS) is 11.1. The highest BCUT2D eigenvalue weighted by Crippen LogP contribution is 2.30. The van der Waals surface area contributed by atoms with Gasteiger partial charge in [-0.2, -0.15) is 0 Å². The molecule has 8 nitrogen and oxygen atoms in total. The van der Waals surface area contributed by atoms with E-state index in [0.29, 0.717) is 0 Å². The van der Waals surface area contributed by atoms with Gasteiger partial charge in [-0.1, -0.05) is 11.6 Å². The Morgan fingerprint density at radius 1 is 0.864 bits per heavy atom. The minimum atomic E-state index is -4.04. The molecule has 0 aromatic heterocycles. The zero-order valence-corrected chi connectivity index (χ0v) is 12.2. The van der Waals surface area contributed by atoms with Gasteiger partial charge in [-0.3, -0.25) is 20.2 Å². The van der Waals surface area contributed by atoms with E-state index in [0.717, 1.165) is 42.5 Å². The summed E-state index contributed by atoms with van der Waals surface area (Å²) in [7, 11) is -4.04. The molecule has 10 heteroatoms. The lowest BCUT2D eigenvalue weighted by Crippen LogP contribution is -2.03. The highest BCUT2D eigenvalue weighted by atomic mass is 35.5. The van der Waals surface area contributed by atoms with Crippen molar-refractivity contribution in [3.63, 3.8) is 0 Å². The smallest absolute Gasteiger partial charge is 0.258 e. The molecule has 0 radical (unpaired) electrons. The molecule has 2 rings (SSSR count). The zero-order valence-electron chi connectivity index (χ0n) is 10.7. The predicted molar refractivity (Wildman–Crippen MR) is 76.7 cm³/mol. The first-order valence-corrected chi connectivity index (χ1v) is 7.53. The second-order valence-electron chi connectivity index (χ2n) is 4.12. The van der Waals surface area contributed by atoms with Crippen molar-refractivity contribution in [3.05, 3.63) is 67.7 Å². The highest BCUT2D eigenvalue weighted by molar-refractivity contribution is 7.91. The summed E-state index contributed by atoms with van der Waals surface area (Å²) < 4.78 is 24.7. The number of benzene rings is 2. The van der Waals surface area contributed by atoms with E-state index in [-0.39, 0.29) is 20.5 Å². The average molecular weight is 343 g/mol. The van der Waals surface area contributed by atoms with Crippen LogP contribution in [-0.4, -0.2) is 18.3 Å². The molecule has 0 unspecified atom stereocenters. The van der Waals surface area contributed by atoms with E-state index in [9.17, 15) is 28.6 Å². The molecule has 114 valence electrons. The first kappa shape index (κ1) is 15.9. The quantitative estimate of drug-likeness (QED) is 0.622. The molecule has 0 aliphatic rings. The van der Waals surface area contributed by atoms with Crippen LogP contribution >= 0.6 is 11.6 Å². The fourth-order valence-corrected chi connectivity index (χ4v) is 3.15. The Balaban J connectivity index is 2.53.